The Bertz CT molecular complexity index is 1550. The maximum atomic E-state index is 13.8. The fourth-order valence-electron chi connectivity index (χ4n) is 5.06. The van der Waals surface area contributed by atoms with E-state index in [0.29, 0.717) is 0 Å². The van der Waals surface area contributed by atoms with E-state index in [9.17, 15) is 4.21 Å². The zero-order valence-corrected chi connectivity index (χ0v) is 28.3. The van der Waals surface area contributed by atoms with Crippen molar-refractivity contribution in [1.82, 2.24) is 4.72 Å². The van der Waals surface area contributed by atoms with Crippen molar-refractivity contribution in [2.75, 3.05) is 6.16 Å². The minimum atomic E-state index is -1.25. The van der Waals surface area contributed by atoms with E-state index < -0.39 is 31.6 Å². The molecular formula is C38H41NOP2S. The predicted octanol–water partition coefficient (Wildman–Crippen LogP) is 7.29. The van der Waals surface area contributed by atoms with Gasteiger partial charge in [0.05, 0.1) is 15.7 Å². The minimum absolute atomic E-state index is 0.108. The number of hydrogen-bond donors (Lipinski definition) is 1. The van der Waals surface area contributed by atoms with Crippen LogP contribution in [0.15, 0.2) is 133 Å². The summed E-state index contributed by atoms with van der Waals surface area (Å²) in [7, 11) is -2.81. The van der Waals surface area contributed by atoms with Gasteiger partial charge in [-0.1, -0.05) is 145 Å². The third-order valence-electron chi connectivity index (χ3n) is 7.44. The molecule has 5 rings (SSSR count). The van der Waals surface area contributed by atoms with E-state index in [0.717, 1.165) is 6.16 Å². The van der Waals surface area contributed by atoms with Crippen molar-refractivity contribution in [3.63, 3.8) is 0 Å². The van der Waals surface area contributed by atoms with Crippen LogP contribution in [0.2, 0.25) is 0 Å². The fraction of sp³-hybridized carbons (Fsp3) is 0.211. The van der Waals surface area contributed by atoms with Gasteiger partial charge in [-0.25, -0.2) is 8.93 Å². The van der Waals surface area contributed by atoms with E-state index >= 15 is 0 Å². The molecule has 5 heteroatoms. The highest BCUT2D eigenvalue weighted by atomic mass is 32.2. The zero-order chi connectivity index (χ0) is 30.4. The molecule has 0 saturated carbocycles. The maximum absolute atomic E-state index is 13.8. The quantitative estimate of drug-likeness (QED) is 0.163. The van der Waals surface area contributed by atoms with Crippen molar-refractivity contribution in [1.29, 1.82) is 0 Å². The zero-order valence-electron chi connectivity index (χ0n) is 25.7. The predicted molar refractivity (Wildman–Crippen MR) is 192 cm³/mol. The Kier molecular flexibility index (Phi) is 10.4. The second-order valence-corrected chi connectivity index (χ2v) is 18.3. The first kappa shape index (κ1) is 31.5. The minimum Gasteiger partial charge on any atom is -0.242 e. The number of nitrogens with one attached hydrogen (secondary N) is 1. The van der Waals surface area contributed by atoms with Crippen molar-refractivity contribution >= 4 is 53.4 Å². The van der Waals surface area contributed by atoms with Gasteiger partial charge >= 0.3 is 0 Å². The molecule has 0 radical (unpaired) electrons. The standard InChI is InChI=1S/C38H41NOP2S/c1-29-20-24-33(25-21-29)42(34-26-22-30(2)23-27-34)37-19-13-12-18-35(37)36(39-43(40)38(3,4)5)28-41(31-14-8-6-9-15-31)32-16-10-7-11-17-32/h6-27,36,39H,28H2,1-5H3/t36?,43-/m1/s1. The Morgan fingerprint density at radius 2 is 1.05 bits per heavy atom. The molecule has 0 bridgehead atoms. The third-order valence-corrected chi connectivity index (χ3v) is 14.1. The molecule has 0 aliphatic heterocycles. The van der Waals surface area contributed by atoms with Crippen molar-refractivity contribution in [3.05, 3.63) is 150 Å². The van der Waals surface area contributed by atoms with Crippen molar-refractivity contribution in [3.8, 4) is 0 Å². The molecule has 0 aliphatic rings. The molecule has 1 unspecified atom stereocenters. The second kappa shape index (κ2) is 14.2. The first-order chi connectivity index (χ1) is 20.7. The Morgan fingerprint density at radius 1 is 0.605 bits per heavy atom. The van der Waals surface area contributed by atoms with Crippen LogP contribution in [-0.2, 0) is 11.0 Å². The van der Waals surface area contributed by atoms with Gasteiger partial charge in [-0.05, 0) is 88.7 Å². The number of aryl methyl sites for hydroxylation is 2. The lowest BCUT2D eigenvalue weighted by atomic mass is 10.1. The van der Waals surface area contributed by atoms with Gasteiger partial charge in [0, 0.05) is 6.04 Å². The first-order valence-corrected chi connectivity index (χ1v) is 18.8. The van der Waals surface area contributed by atoms with E-state index in [1.807, 2.05) is 20.8 Å². The van der Waals surface area contributed by atoms with Crippen molar-refractivity contribution < 1.29 is 4.21 Å². The van der Waals surface area contributed by atoms with Gasteiger partial charge in [0.25, 0.3) is 0 Å². The van der Waals surface area contributed by atoms with Crippen molar-refractivity contribution in [2.24, 2.45) is 0 Å². The summed E-state index contributed by atoms with van der Waals surface area (Å²) >= 11 is 0. The highest BCUT2D eigenvalue weighted by Crippen LogP contribution is 2.41. The average molecular weight is 622 g/mol. The van der Waals surface area contributed by atoms with Crippen LogP contribution in [0.1, 0.15) is 43.5 Å². The van der Waals surface area contributed by atoms with Crippen LogP contribution >= 0.6 is 15.8 Å². The first-order valence-electron chi connectivity index (χ1n) is 14.8. The Balaban J connectivity index is 1.67. The summed E-state index contributed by atoms with van der Waals surface area (Å²) in [6, 6.07) is 48.4. The topological polar surface area (TPSA) is 29.1 Å². The molecule has 0 heterocycles. The smallest absolute Gasteiger partial charge is 0.0976 e. The van der Waals surface area contributed by atoms with E-state index in [4.69, 9.17) is 0 Å². The fourth-order valence-corrected chi connectivity index (χ4v) is 10.9. The lowest BCUT2D eigenvalue weighted by Gasteiger charge is -2.31. The largest absolute Gasteiger partial charge is 0.242 e. The number of rotatable bonds is 10. The molecule has 2 nitrogen and oxygen atoms in total. The maximum Gasteiger partial charge on any atom is 0.0976 e. The van der Waals surface area contributed by atoms with Gasteiger partial charge in [0.1, 0.15) is 0 Å². The molecule has 0 saturated heterocycles. The Labute approximate surface area is 263 Å². The highest BCUT2D eigenvalue weighted by Gasteiger charge is 2.30. The molecular weight excluding hydrogens is 580 g/mol. The lowest BCUT2D eigenvalue weighted by Crippen LogP contribution is -2.39. The summed E-state index contributed by atoms with van der Waals surface area (Å²) in [5.41, 5.74) is 3.74. The Morgan fingerprint density at radius 3 is 1.51 bits per heavy atom. The molecule has 0 aromatic heterocycles. The van der Waals surface area contributed by atoms with Gasteiger partial charge in [0.2, 0.25) is 0 Å². The van der Waals surface area contributed by atoms with Gasteiger partial charge in [-0.15, -0.1) is 0 Å². The van der Waals surface area contributed by atoms with E-state index in [1.165, 1.54) is 43.2 Å². The summed E-state index contributed by atoms with van der Waals surface area (Å²) < 4.78 is 17.1. The normalized spacial score (nSPS) is 13.3. The summed E-state index contributed by atoms with van der Waals surface area (Å²) in [6.45, 7) is 10.4. The third kappa shape index (κ3) is 7.97. The monoisotopic (exact) mass is 621 g/mol. The van der Waals surface area contributed by atoms with Crippen LogP contribution in [0.3, 0.4) is 0 Å². The molecule has 0 aliphatic carbocycles. The van der Waals surface area contributed by atoms with Gasteiger partial charge in [-0.3, -0.25) is 0 Å². The average Bonchev–Trinajstić information content (AvgIpc) is 3.02. The molecule has 1 N–H and O–H groups in total. The van der Waals surface area contributed by atoms with Crippen LogP contribution in [0.4, 0.5) is 0 Å². The van der Waals surface area contributed by atoms with Gasteiger partial charge in [-0.2, -0.15) is 0 Å². The highest BCUT2D eigenvalue weighted by molar-refractivity contribution is 7.84. The molecule has 43 heavy (non-hydrogen) atoms. The number of hydrogen-bond acceptors (Lipinski definition) is 1. The molecule has 5 aromatic rings. The van der Waals surface area contributed by atoms with Gasteiger partial charge in [0.15, 0.2) is 0 Å². The van der Waals surface area contributed by atoms with Crippen LogP contribution in [0, 0.1) is 13.8 Å². The molecule has 0 spiro atoms. The molecule has 0 amide bonds. The molecule has 0 fully saturated rings. The SMILES string of the molecule is Cc1ccc(P(c2ccc(C)cc2)c2ccccc2C(CP(c2ccccc2)c2ccccc2)N[S@](=O)C(C)(C)C)cc1. The van der Waals surface area contributed by atoms with Crippen LogP contribution < -0.4 is 31.2 Å². The number of benzene rings is 5. The Hall–Kier alpha value is -2.93. The summed E-state index contributed by atoms with van der Waals surface area (Å²) in [4.78, 5) is 0. The summed E-state index contributed by atoms with van der Waals surface area (Å²) in [5, 5.41) is 6.61. The van der Waals surface area contributed by atoms with Crippen LogP contribution in [0.5, 0.6) is 0 Å². The van der Waals surface area contributed by atoms with E-state index in [1.54, 1.807) is 0 Å². The molecule has 2 atom stereocenters. The van der Waals surface area contributed by atoms with E-state index in [-0.39, 0.29) is 6.04 Å². The van der Waals surface area contributed by atoms with Gasteiger partial charge < -0.3 is 0 Å². The van der Waals surface area contributed by atoms with Crippen molar-refractivity contribution in [2.45, 2.75) is 45.4 Å². The molecule has 220 valence electrons. The van der Waals surface area contributed by atoms with Crippen LogP contribution in [0.25, 0.3) is 0 Å². The second-order valence-electron chi connectivity index (χ2n) is 11.9. The molecule has 5 aromatic carbocycles. The van der Waals surface area contributed by atoms with Crippen LogP contribution in [-0.4, -0.2) is 15.1 Å². The lowest BCUT2D eigenvalue weighted by molar-refractivity contribution is 0.618. The summed E-state index contributed by atoms with van der Waals surface area (Å²) in [5.74, 6) is 0. The van der Waals surface area contributed by atoms with E-state index in [2.05, 4.69) is 152 Å². The summed E-state index contributed by atoms with van der Waals surface area (Å²) in [6.07, 6.45) is 0.840.